The quantitative estimate of drug-likeness (QED) is 0.837. The third kappa shape index (κ3) is 2.51. The van der Waals surface area contributed by atoms with Crippen LogP contribution in [0, 0.1) is 6.92 Å². The van der Waals surface area contributed by atoms with Crippen LogP contribution >= 0.6 is 0 Å². The highest BCUT2D eigenvalue weighted by Crippen LogP contribution is 2.43. The van der Waals surface area contributed by atoms with E-state index in [1.54, 1.807) is 0 Å². The van der Waals surface area contributed by atoms with E-state index in [2.05, 4.69) is 80.7 Å². The molecule has 0 spiro atoms. The van der Waals surface area contributed by atoms with Gasteiger partial charge in [0.25, 0.3) is 0 Å². The first kappa shape index (κ1) is 13.4. The van der Waals surface area contributed by atoms with E-state index in [1.807, 2.05) is 0 Å². The molecule has 2 aromatic rings. The van der Waals surface area contributed by atoms with Crippen molar-refractivity contribution in [2.75, 3.05) is 0 Å². The molecule has 2 atom stereocenters. The third-order valence-corrected chi connectivity index (χ3v) is 4.57. The minimum atomic E-state index is 0.135. The summed E-state index contributed by atoms with van der Waals surface area (Å²) in [7, 11) is 0. The van der Waals surface area contributed by atoms with Gasteiger partial charge in [-0.25, -0.2) is 0 Å². The van der Waals surface area contributed by atoms with Gasteiger partial charge in [0.1, 0.15) is 0 Å². The van der Waals surface area contributed by atoms with Crippen LogP contribution in [0.15, 0.2) is 54.6 Å². The Morgan fingerprint density at radius 1 is 0.900 bits per heavy atom. The summed E-state index contributed by atoms with van der Waals surface area (Å²) in [4.78, 5) is 0. The largest absolute Gasteiger partial charge is 0.304 e. The maximum absolute atomic E-state index is 3.81. The monoisotopic (exact) mass is 265 g/mol. The minimum absolute atomic E-state index is 0.135. The molecule has 1 aliphatic heterocycles. The van der Waals surface area contributed by atoms with Crippen molar-refractivity contribution in [2.45, 2.75) is 44.7 Å². The lowest BCUT2D eigenvalue weighted by atomic mass is 9.82. The molecule has 2 unspecified atom stereocenters. The summed E-state index contributed by atoms with van der Waals surface area (Å²) in [6.45, 7) is 6.79. The third-order valence-electron chi connectivity index (χ3n) is 4.57. The second-order valence-electron chi connectivity index (χ2n) is 6.53. The molecule has 104 valence electrons. The molecule has 2 aromatic carbocycles. The highest BCUT2D eigenvalue weighted by molar-refractivity contribution is 5.31. The SMILES string of the molecule is Cc1ccc(C2CC(c3ccccc3)NC2(C)C)cc1. The summed E-state index contributed by atoms with van der Waals surface area (Å²) in [5.41, 5.74) is 4.31. The predicted octanol–water partition coefficient (Wildman–Crippen LogP) is 4.59. The molecule has 0 aliphatic carbocycles. The van der Waals surface area contributed by atoms with Crippen LogP contribution in [0.5, 0.6) is 0 Å². The first-order valence-corrected chi connectivity index (χ1v) is 7.45. The van der Waals surface area contributed by atoms with Crippen molar-refractivity contribution in [3.8, 4) is 0 Å². The van der Waals surface area contributed by atoms with Gasteiger partial charge in [0.2, 0.25) is 0 Å². The first-order valence-electron chi connectivity index (χ1n) is 7.45. The van der Waals surface area contributed by atoms with E-state index in [9.17, 15) is 0 Å². The molecule has 0 radical (unpaired) electrons. The summed E-state index contributed by atoms with van der Waals surface area (Å²) in [6.07, 6.45) is 1.17. The van der Waals surface area contributed by atoms with Crippen molar-refractivity contribution >= 4 is 0 Å². The van der Waals surface area contributed by atoms with Gasteiger partial charge in [-0.15, -0.1) is 0 Å². The first-order chi connectivity index (χ1) is 9.56. The van der Waals surface area contributed by atoms with E-state index in [4.69, 9.17) is 0 Å². The van der Waals surface area contributed by atoms with Crippen molar-refractivity contribution in [3.05, 3.63) is 71.3 Å². The minimum Gasteiger partial charge on any atom is -0.304 e. The lowest BCUT2D eigenvalue weighted by Gasteiger charge is -2.27. The molecule has 1 saturated heterocycles. The maximum atomic E-state index is 3.81. The van der Waals surface area contributed by atoms with Crippen LogP contribution in [0.3, 0.4) is 0 Å². The zero-order valence-corrected chi connectivity index (χ0v) is 12.6. The summed E-state index contributed by atoms with van der Waals surface area (Å²) in [5, 5.41) is 3.81. The molecule has 20 heavy (non-hydrogen) atoms. The Morgan fingerprint density at radius 2 is 1.55 bits per heavy atom. The van der Waals surface area contributed by atoms with E-state index in [-0.39, 0.29) is 5.54 Å². The van der Waals surface area contributed by atoms with Gasteiger partial charge in [-0.1, -0.05) is 60.2 Å². The van der Waals surface area contributed by atoms with Gasteiger partial charge in [0, 0.05) is 17.5 Å². The van der Waals surface area contributed by atoms with E-state index in [0.29, 0.717) is 12.0 Å². The van der Waals surface area contributed by atoms with E-state index in [1.165, 1.54) is 23.1 Å². The fourth-order valence-corrected chi connectivity index (χ4v) is 3.40. The van der Waals surface area contributed by atoms with Gasteiger partial charge in [0.15, 0.2) is 0 Å². The van der Waals surface area contributed by atoms with Gasteiger partial charge in [-0.3, -0.25) is 0 Å². The number of aryl methyl sites for hydroxylation is 1. The Morgan fingerprint density at radius 3 is 2.20 bits per heavy atom. The van der Waals surface area contributed by atoms with Crippen molar-refractivity contribution < 1.29 is 0 Å². The highest BCUT2D eigenvalue weighted by Gasteiger charge is 2.40. The van der Waals surface area contributed by atoms with Crippen molar-refractivity contribution in [1.29, 1.82) is 0 Å². The van der Waals surface area contributed by atoms with Gasteiger partial charge in [-0.05, 0) is 38.3 Å². The molecule has 0 saturated carbocycles. The van der Waals surface area contributed by atoms with Crippen LogP contribution in [0.1, 0.15) is 48.9 Å². The highest BCUT2D eigenvalue weighted by atomic mass is 15.0. The lowest BCUT2D eigenvalue weighted by molar-refractivity contribution is 0.397. The Labute approximate surface area is 122 Å². The van der Waals surface area contributed by atoms with Crippen molar-refractivity contribution in [2.24, 2.45) is 0 Å². The lowest BCUT2D eigenvalue weighted by Crippen LogP contribution is -2.37. The molecule has 3 rings (SSSR count). The molecule has 1 fully saturated rings. The zero-order chi connectivity index (χ0) is 14.2. The summed E-state index contributed by atoms with van der Waals surface area (Å²) >= 11 is 0. The van der Waals surface area contributed by atoms with Crippen LogP contribution < -0.4 is 5.32 Å². The van der Waals surface area contributed by atoms with Crippen LogP contribution in [0.25, 0.3) is 0 Å². The Kier molecular flexibility index (Phi) is 3.39. The second kappa shape index (κ2) is 5.06. The van der Waals surface area contributed by atoms with Gasteiger partial charge >= 0.3 is 0 Å². The van der Waals surface area contributed by atoms with Gasteiger partial charge in [0.05, 0.1) is 0 Å². The fourth-order valence-electron chi connectivity index (χ4n) is 3.40. The van der Waals surface area contributed by atoms with Crippen LogP contribution in [0.2, 0.25) is 0 Å². The molecule has 0 aromatic heterocycles. The van der Waals surface area contributed by atoms with Crippen molar-refractivity contribution in [1.82, 2.24) is 5.32 Å². The van der Waals surface area contributed by atoms with Crippen LogP contribution in [-0.2, 0) is 0 Å². The van der Waals surface area contributed by atoms with Gasteiger partial charge < -0.3 is 5.32 Å². The molecular weight excluding hydrogens is 242 g/mol. The number of hydrogen-bond acceptors (Lipinski definition) is 1. The van der Waals surface area contributed by atoms with E-state index >= 15 is 0 Å². The Balaban J connectivity index is 1.88. The molecule has 1 nitrogen and oxygen atoms in total. The fraction of sp³-hybridized carbons (Fsp3) is 0.368. The number of rotatable bonds is 2. The standard InChI is InChI=1S/C19H23N/c1-14-9-11-15(12-10-14)17-13-18(20-19(17,2)3)16-7-5-4-6-8-16/h4-12,17-18,20H,13H2,1-3H3. The summed E-state index contributed by atoms with van der Waals surface area (Å²) in [6, 6.07) is 20.3. The number of hydrogen-bond donors (Lipinski definition) is 1. The Bertz CT molecular complexity index is 568. The van der Waals surface area contributed by atoms with Crippen LogP contribution in [-0.4, -0.2) is 5.54 Å². The average molecular weight is 265 g/mol. The van der Waals surface area contributed by atoms with Gasteiger partial charge in [-0.2, -0.15) is 0 Å². The molecule has 1 aliphatic rings. The molecule has 1 heteroatoms. The maximum Gasteiger partial charge on any atom is 0.0331 e. The molecular formula is C19H23N. The topological polar surface area (TPSA) is 12.0 Å². The predicted molar refractivity (Wildman–Crippen MR) is 84.9 cm³/mol. The molecule has 0 amide bonds. The second-order valence-corrected chi connectivity index (χ2v) is 6.53. The molecule has 1 N–H and O–H groups in total. The number of nitrogens with one attached hydrogen (secondary N) is 1. The molecule has 0 bridgehead atoms. The normalized spacial score (nSPS) is 24.8. The molecule has 1 heterocycles. The Hall–Kier alpha value is -1.60. The number of benzene rings is 2. The average Bonchev–Trinajstić information content (AvgIpc) is 2.77. The van der Waals surface area contributed by atoms with Crippen molar-refractivity contribution in [3.63, 3.8) is 0 Å². The summed E-state index contributed by atoms with van der Waals surface area (Å²) in [5.74, 6) is 0.563. The zero-order valence-electron chi connectivity index (χ0n) is 12.6. The summed E-state index contributed by atoms with van der Waals surface area (Å²) < 4.78 is 0. The van der Waals surface area contributed by atoms with E-state index in [0.717, 1.165) is 0 Å². The van der Waals surface area contributed by atoms with Crippen LogP contribution in [0.4, 0.5) is 0 Å². The smallest absolute Gasteiger partial charge is 0.0331 e. The van der Waals surface area contributed by atoms with E-state index < -0.39 is 0 Å².